The number of hydrogen-bond acceptors (Lipinski definition) is 9. The predicted octanol–water partition coefficient (Wildman–Crippen LogP) is 6.89. The molecule has 2 aromatic carbocycles. The zero-order chi connectivity index (χ0) is 39.4. The van der Waals surface area contributed by atoms with E-state index < -0.39 is 17.8 Å². The molecule has 5 aromatic rings. The lowest BCUT2D eigenvalue weighted by Crippen LogP contribution is -2.43. The summed E-state index contributed by atoms with van der Waals surface area (Å²) in [6.45, 7) is 8.26. The number of pyridine rings is 2. The smallest absolute Gasteiger partial charge is 0.410 e. The van der Waals surface area contributed by atoms with Crippen LogP contribution >= 0.6 is 23.2 Å². The van der Waals surface area contributed by atoms with Gasteiger partial charge in [-0.25, -0.2) is 14.8 Å². The molecule has 2 atom stereocenters. The van der Waals surface area contributed by atoms with Gasteiger partial charge in [-0.1, -0.05) is 59.6 Å². The first-order valence-electron chi connectivity index (χ1n) is 18.0. The summed E-state index contributed by atoms with van der Waals surface area (Å²) in [5.74, 6) is 0.272. The molecule has 2 amide bonds. The fourth-order valence-corrected chi connectivity index (χ4v) is 7.11. The highest BCUT2D eigenvalue weighted by Gasteiger charge is 2.29. The van der Waals surface area contributed by atoms with Crippen LogP contribution in [-0.4, -0.2) is 74.3 Å². The number of hydrogen-bond donors (Lipinski definition) is 3. The highest BCUT2D eigenvalue weighted by molar-refractivity contribution is 6.39. The van der Waals surface area contributed by atoms with Gasteiger partial charge in [-0.3, -0.25) is 14.0 Å². The van der Waals surface area contributed by atoms with Gasteiger partial charge in [-0.2, -0.15) is 0 Å². The van der Waals surface area contributed by atoms with Gasteiger partial charge in [0.1, 0.15) is 11.2 Å². The number of amides is 2. The Morgan fingerprint density at radius 1 is 1.02 bits per heavy atom. The van der Waals surface area contributed by atoms with Gasteiger partial charge in [0.2, 0.25) is 11.8 Å². The van der Waals surface area contributed by atoms with Crippen LogP contribution in [0.5, 0.6) is 5.88 Å². The fraction of sp³-hybridized carbons (Fsp3) is 0.341. The van der Waals surface area contributed by atoms with E-state index >= 15 is 0 Å². The lowest BCUT2D eigenvalue weighted by atomic mass is 9.97. The number of carbonyl (C=O) groups is 2. The molecule has 14 heteroatoms. The standard InChI is InChI=1S/C41H44Cl2N6O6/c1-24(50)19-44-20-28-18-36(52)49-22-25(13-16-34(49)45-28)29-8-6-9-30(37(29)42)31-10-7-11-32(38(31)43)33-15-12-26(39(47-33)54-5)21-48(40(53)55-41(2,3)4)23-27-14-17-35(51)46-27/h6-13,15-16,18,22,24,27,44,50H,14,17,19-21,23H2,1-5H3,(H,46,51)/t24?,27-/m0/s1. The van der Waals surface area contributed by atoms with Gasteiger partial charge in [-0.05, 0) is 58.4 Å². The van der Waals surface area contributed by atoms with E-state index in [1.807, 2.05) is 54.6 Å². The molecule has 0 bridgehead atoms. The molecule has 1 aliphatic rings. The number of halogens is 2. The van der Waals surface area contributed by atoms with Gasteiger partial charge >= 0.3 is 6.09 Å². The molecule has 0 radical (unpaired) electrons. The van der Waals surface area contributed by atoms with Crippen molar-refractivity contribution < 1.29 is 24.2 Å². The first-order valence-corrected chi connectivity index (χ1v) is 18.8. The number of fused-ring (bicyclic) bond motifs is 1. The van der Waals surface area contributed by atoms with Crippen molar-refractivity contribution in [2.45, 2.75) is 71.4 Å². The maximum Gasteiger partial charge on any atom is 0.410 e. The molecule has 6 rings (SSSR count). The largest absolute Gasteiger partial charge is 0.481 e. The van der Waals surface area contributed by atoms with Crippen molar-refractivity contribution in [3.63, 3.8) is 0 Å². The second-order valence-electron chi connectivity index (χ2n) is 14.6. The third kappa shape index (κ3) is 9.45. The van der Waals surface area contributed by atoms with Crippen LogP contribution < -0.4 is 20.9 Å². The van der Waals surface area contributed by atoms with Crippen molar-refractivity contribution in [1.82, 2.24) is 29.9 Å². The van der Waals surface area contributed by atoms with E-state index in [1.165, 1.54) is 17.6 Å². The summed E-state index contributed by atoms with van der Waals surface area (Å²) in [4.78, 5) is 49.2. The average Bonchev–Trinajstić information content (AvgIpc) is 3.55. The van der Waals surface area contributed by atoms with Crippen LogP contribution in [0.1, 0.15) is 51.8 Å². The Balaban J connectivity index is 1.28. The zero-order valence-electron chi connectivity index (χ0n) is 31.4. The van der Waals surface area contributed by atoms with E-state index in [-0.39, 0.29) is 30.6 Å². The highest BCUT2D eigenvalue weighted by Crippen LogP contribution is 2.42. The normalized spacial score (nSPS) is 14.8. The van der Waals surface area contributed by atoms with Gasteiger partial charge in [0.05, 0.1) is 41.2 Å². The molecular weight excluding hydrogens is 743 g/mol. The lowest BCUT2D eigenvalue weighted by molar-refractivity contribution is -0.119. The quantitative estimate of drug-likeness (QED) is 0.123. The van der Waals surface area contributed by atoms with E-state index in [0.717, 1.165) is 0 Å². The van der Waals surface area contributed by atoms with E-state index in [0.29, 0.717) is 92.3 Å². The van der Waals surface area contributed by atoms with Crippen molar-refractivity contribution >= 4 is 40.8 Å². The van der Waals surface area contributed by atoms with Gasteiger partial charge < -0.3 is 30.1 Å². The van der Waals surface area contributed by atoms with E-state index in [2.05, 4.69) is 15.6 Å². The van der Waals surface area contributed by atoms with Gasteiger partial charge in [0.25, 0.3) is 5.56 Å². The predicted molar refractivity (Wildman–Crippen MR) is 213 cm³/mol. The Hall–Kier alpha value is -5.01. The van der Waals surface area contributed by atoms with Crippen LogP contribution in [0.3, 0.4) is 0 Å². The number of aromatic nitrogens is 3. The Bertz CT molecular complexity index is 2290. The number of nitrogens with one attached hydrogen (secondary N) is 2. The molecule has 1 saturated heterocycles. The molecule has 288 valence electrons. The number of nitrogens with zero attached hydrogens (tertiary/aromatic N) is 4. The number of rotatable bonds is 12. The number of benzene rings is 2. The molecule has 3 N–H and O–H groups in total. The summed E-state index contributed by atoms with van der Waals surface area (Å²) in [5, 5.41) is 16.4. The molecule has 1 fully saturated rings. The third-order valence-corrected chi connectivity index (χ3v) is 9.82. The summed E-state index contributed by atoms with van der Waals surface area (Å²) in [6, 6.07) is 19.8. The maximum atomic E-state index is 13.3. The second kappa shape index (κ2) is 16.8. The molecule has 1 aliphatic heterocycles. The Morgan fingerprint density at radius 2 is 1.71 bits per heavy atom. The van der Waals surface area contributed by atoms with Crippen LogP contribution in [-0.2, 0) is 22.6 Å². The Morgan fingerprint density at radius 3 is 2.36 bits per heavy atom. The minimum Gasteiger partial charge on any atom is -0.481 e. The van der Waals surface area contributed by atoms with Crippen LogP contribution in [0.25, 0.3) is 39.2 Å². The summed E-state index contributed by atoms with van der Waals surface area (Å²) in [7, 11) is 1.51. The Labute approximate surface area is 329 Å². The number of methoxy groups -OCH3 is 1. The van der Waals surface area contributed by atoms with Gasteiger partial charge in [0.15, 0.2) is 0 Å². The van der Waals surface area contributed by atoms with E-state index in [9.17, 15) is 19.5 Å². The molecule has 0 saturated carbocycles. The van der Waals surface area contributed by atoms with E-state index in [1.54, 1.807) is 44.9 Å². The maximum absolute atomic E-state index is 13.3. The van der Waals surface area contributed by atoms with Crippen molar-refractivity contribution in [3.8, 4) is 39.4 Å². The molecule has 1 unspecified atom stereocenters. The molecule has 12 nitrogen and oxygen atoms in total. The van der Waals surface area contributed by atoms with Crippen LogP contribution in [0.2, 0.25) is 10.0 Å². The van der Waals surface area contributed by atoms with Crippen molar-refractivity contribution in [3.05, 3.63) is 105 Å². The molecule has 55 heavy (non-hydrogen) atoms. The van der Waals surface area contributed by atoms with Gasteiger partial charge in [-0.15, -0.1) is 0 Å². The summed E-state index contributed by atoms with van der Waals surface area (Å²) >= 11 is 14.2. The number of ether oxygens (including phenoxy) is 2. The molecule has 0 spiro atoms. The van der Waals surface area contributed by atoms with E-state index in [4.69, 9.17) is 37.7 Å². The molecule has 4 heterocycles. The van der Waals surface area contributed by atoms with Crippen molar-refractivity contribution in [2.75, 3.05) is 20.2 Å². The second-order valence-corrected chi connectivity index (χ2v) is 15.3. The summed E-state index contributed by atoms with van der Waals surface area (Å²) < 4.78 is 12.9. The fourth-order valence-electron chi connectivity index (χ4n) is 6.44. The number of carbonyl (C=O) groups excluding carboxylic acids is 2. The summed E-state index contributed by atoms with van der Waals surface area (Å²) in [6.07, 6.45) is 1.74. The topological polar surface area (TPSA) is 147 Å². The minimum absolute atomic E-state index is 0.0404. The monoisotopic (exact) mass is 786 g/mol. The van der Waals surface area contributed by atoms with Crippen LogP contribution in [0, 0.1) is 0 Å². The zero-order valence-corrected chi connectivity index (χ0v) is 32.9. The molecule has 3 aromatic heterocycles. The highest BCUT2D eigenvalue weighted by atomic mass is 35.5. The third-order valence-electron chi connectivity index (χ3n) is 9.00. The number of aliphatic hydroxyl groups is 1. The number of aliphatic hydroxyl groups excluding tert-OH is 1. The molecule has 0 aliphatic carbocycles. The summed E-state index contributed by atoms with van der Waals surface area (Å²) in [5.41, 5.74) is 4.75. The first-order chi connectivity index (χ1) is 26.2. The van der Waals surface area contributed by atoms with Gasteiger partial charge in [0, 0.05) is 77.7 Å². The molecular formula is C41H44Cl2N6O6. The van der Waals surface area contributed by atoms with Crippen molar-refractivity contribution in [1.29, 1.82) is 0 Å². The average molecular weight is 788 g/mol. The van der Waals surface area contributed by atoms with Crippen LogP contribution in [0.15, 0.2) is 77.7 Å². The van der Waals surface area contributed by atoms with Crippen molar-refractivity contribution in [2.24, 2.45) is 0 Å². The first kappa shape index (κ1) is 39.7. The Kier molecular flexibility index (Phi) is 12.1. The SMILES string of the molecule is COc1nc(-c2cccc(-c3cccc(-c4ccc5nc(CNCC(C)O)cc(=O)n5c4)c3Cl)c2Cl)ccc1CN(C[C@@H]1CCC(=O)N1)C(=O)OC(C)(C)C. The minimum atomic E-state index is -0.708. The lowest BCUT2D eigenvalue weighted by Gasteiger charge is -2.29. The van der Waals surface area contributed by atoms with Crippen LogP contribution in [0.4, 0.5) is 4.79 Å².